The zero-order valence-electron chi connectivity index (χ0n) is 9.97. The minimum Gasteiger partial charge on any atom is -0.278 e. The van der Waals surface area contributed by atoms with Crippen molar-refractivity contribution in [2.24, 2.45) is 0 Å². The first-order valence-electron chi connectivity index (χ1n) is 5.40. The highest BCUT2D eigenvalue weighted by atomic mass is 79.9. The van der Waals surface area contributed by atoms with E-state index >= 15 is 0 Å². The minimum atomic E-state index is -3.79. The first kappa shape index (κ1) is 14.5. The third-order valence-electron chi connectivity index (χ3n) is 2.47. The number of hydrogen-bond donors (Lipinski definition) is 1. The van der Waals surface area contributed by atoms with Crippen LogP contribution < -0.4 is 4.72 Å². The molecule has 2 aromatic rings. The Kier molecular flexibility index (Phi) is 4.06. The zero-order valence-corrected chi connectivity index (χ0v) is 12.4. The van der Waals surface area contributed by atoms with E-state index in [1.807, 2.05) is 6.07 Å². The van der Waals surface area contributed by atoms with Crippen LogP contribution in [0.15, 0.2) is 51.8 Å². The fourth-order valence-electron chi connectivity index (χ4n) is 1.48. The van der Waals surface area contributed by atoms with E-state index in [1.54, 1.807) is 0 Å². The van der Waals surface area contributed by atoms with Crippen molar-refractivity contribution in [3.63, 3.8) is 0 Å². The predicted octanol–water partition coefficient (Wildman–Crippen LogP) is 3.26. The number of nitrogens with one attached hydrogen (secondary N) is 1. The maximum atomic E-state index is 12.9. The molecule has 0 fully saturated rings. The summed E-state index contributed by atoms with van der Waals surface area (Å²) in [6.45, 7) is 0. The average molecular weight is 355 g/mol. The lowest BCUT2D eigenvalue weighted by atomic mass is 10.2. The number of nitriles is 1. The summed E-state index contributed by atoms with van der Waals surface area (Å²) in [6, 6.07) is 11.0. The van der Waals surface area contributed by atoms with E-state index in [-0.39, 0.29) is 10.6 Å². The van der Waals surface area contributed by atoms with Gasteiger partial charge in [-0.25, -0.2) is 12.8 Å². The smallest absolute Gasteiger partial charge is 0.261 e. The Morgan fingerprint density at radius 1 is 1.15 bits per heavy atom. The molecule has 2 aromatic carbocycles. The van der Waals surface area contributed by atoms with Crippen molar-refractivity contribution < 1.29 is 12.8 Å². The molecule has 20 heavy (non-hydrogen) atoms. The Hall–Kier alpha value is -1.91. The SMILES string of the molecule is N#Cc1ccc(S(=O)(=O)Nc2ccc(F)cc2Br)cc1. The lowest BCUT2D eigenvalue weighted by Gasteiger charge is -2.09. The van der Waals surface area contributed by atoms with Crippen LogP contribution >= 0.6 is 15.9 Å². The number of anilines is 1. The molecule has 0 aromatic heterocycles. The van der Waals surface area contributed by atoms with Crippen LogP contribution in [0.3, 0.4) is 0 Å². The molecule has 0 aliphatic heterocycles. The van der Waals surface area contributed by atoms with Gasteiger partial charge in [0.15, 0.2) is 0 Å². The van der Waals surface area contributed by atoms with E-state index in [9.17, 15) is 12.8 Å². The van der Waals surface area contributed by atoms with Crippen LogP contribution in [0.5, 0.6) is 0 Å². The first-order chi connectivity index (χ1) is 9.42. The maximum absolute atomic E-state index is 12.9. The molecule has 2 rings (SSSR count). The van der Waals surface area contributed by atoms with Gasteiger partial charge in [0.2, 0.25) is 0 Å². The summed E-state index contributed by atoms with van der Waals surface area (Å²) < 4.78 is 39.9. The van der Waals surface area contributed by atoms with Gasteiger partial charge in [-0.05, 0) is 58.4 Å². The number of rotatable bonds is 3. The molecular formula is C13H8BrFN2O2S. The molecule has 0 saturated carbocycles. The first-order valence-corrected chi connectivity index (χ1v) is 7.68. The molecular weight excluding hydrogens is 347 g/mol. The third kappa shape index (κ3) is 3.15. The number of hydrogen-bond acceptors (Lipinski definition) is 3. The molecule has 0 heterocycles. The Bertz CT molecular complexity index is 783. The highest BCUT2D eigenvalue weighted by Gasteiger charge is 2.15. The summed E-state index contributed by atoms with van der Waals surface area (Å²) in [7, 11) is -3.79. The van der Waals surface area contributed by atoms with Crippen LogP contribution in [-0.4, -0.2) is 8.42 Å². The van der Waals surface area contributed by atoms with Gasteiger partial charge >= 0.3 is 0 Å². The second kappa shape index (κ2) is 5.61. The Morgan fingerprint density at radius 2 is 1.80 bits per heavy atom. The zero-order chi connectivity index (χ0) is 14.8. The second-order valence-corrected chi connectivity index (χ2v) is 6.40. The van der Waals surface area contributed by atoms with Gasteiger partial charge in [0.1, 0.15) is 5.82 Å². The van der Waals surface area contributed by atoms with Crippen molar-refractivity contribution in [2.75, 3.05) is 4.72 Å². The summed E-state index contributed by atoms with van der Waals surface area (Å²) in [5.41, 5.74) is 0.600. The van der Waals surface area contributed by atoms with Gasteiger partial charge in [-0.2, -0.15) is 5.26 Å². The van der Waals surface area contributed by atoms with Crippen LogP contribution in [-0.2, 0) is 10.0 Å². The third-order valence-corrected chi connectivity index (χ3v) is 4.51. The highest BCUT2D eigenvalue weighted by Crippen LogP contribution is 2.25. The van der Waals surface area contributed by atoms with Gasteiger partial charge in [0.05, 0.1) is 22.2 Å². The number of benzene rings is 2. The molecule has 0 aliphatic carbocycles. The Morgan fingerprint density at radius 3 is 2.35 bits per heavy atom. The van der Waals surface area contributed by atoms with Crippen molar-refractivity contribution in [3.05, 3.63) is 58.3 Å². The molecule has 0 bridgehead atoms. The quantitative estimate of drug-likeness (QED) is 0.919. The van der Waals surface area contributed by atoms with Crippen molar-refractivity contribution in [2.45, 2.75) is 4.90 Å². The molecule has 0 amide bonds. The van der Waals surface area contributed by atoms with Crippen molar-refractivity contribution in [3.8, 4) is 6.07 Å². The van der Waals surface area contributed by atoms with Crippen molar-refractivity contribution in [1.29, 1.82) is 5.26 Å². The standard InChI is InChI=1S/C13H8BrFN2O2S/c14-12-7-10(15)3-6-13(12)17-20(18,19)11-4-1-9(8-16)2-5-11/h1-7,17H. The van der Waals surface area contributed by atoms with E-state index in [0.29, 0.717) is 10.0 Å². The van der Waals surface area contributed by atoms with Crippen LogP contribution in [0.25, 0.3) is 0 Å². The monoisotopic (exact) mass is 354 g/mol. The summed E-state index contributed by atoms with van der Waals surface area (Å²) in [5, 5.41) is 8.67. The predicted molar refractivity (Wildman–Crippen MR) is 76.1 cm³/mol. The van der Waals surface area contributed by atoms with Gasteiger partial charge in [0, 0.05) is 4.47 Å². The van der Waals surface area contributed by atoms with E-state index in [1.165, 1.54) is 30.3 Å². The molecule has 0 unspecified atom stereocenters. The van der Waals surface area contributed by atoms with Gasteiger partial charge < -0.3 is 0 Å². The van der Waals surface area contributed by atoms with Crippen molar-refractivity contribution in [1.82, 2.24) is 0 Å². The van der Waals surface area contributed by atoms with Crippen molar-refractivity contribution >= 4 is 31.6 Å². The van der Waals surface area contributed by atoms with Gasteiger partial charge in [-0.3, -0.25) is 4.72 Å². The van der Waals surface area contributed by atoms with Gasteiger partial charge in [-0.15, -0.1) is 0 Å². The molecule has 102 valence electrons. The van der Waals surface area contributed by atoms with Crippen LogP contribution in [0.2, 0.25) is 0 Å². The molecule has 0 radical (unpaired) electrons. The summed E-state index contributed by atoms with van der Waals surface area (Å²) in [6.07, 6.45) is 0. The van der Waals surface area contributed by atoms with E-state index < -0.39 is 15.8 Å². The maximum Gasteiger partial charge on any atom is 0.261 e. The lowest BCUT2D eigenvalue weighted by molar-refractivity contribution is 0.601. The van der Waals surface area contributed by atoms with Crippen LogP contribution in [0.4, 0.5) is 10.1 Å². The van der Waals surface area contributed by atoms with E-state index in [2.05, 4.69) is 20.7 Å². The number of sulfonamides is 1. The summed E-state index contributed by atoms with van der Waals surface area (Å²) in [4.78, 5) is 0.0210. The van der Waals surface area contributed by atoms with Gasteiger partial charge in [-0.1, -0.05) is 0 Å². The summed E-state index contributed by atoms with van der Waals surface area (Å²) in [5.74, 6) is -0.474. The molecule has 0 atom stereocenters. The minimum absolute atomic E-state index is 0.0210. The second-order valence-electron chi connectivity index (χ2n) is 3.87. The molecule has 4 nitrogen and oxygen atoms in total. The van der Waals surface area contributed by atoms with Gasteiger partial charge in [0.25, 0.3) is 10.0 Å². The molecule has 0 aliphatic rings. The number of nitrogens with zero attached hydrogens (tertiary/aromatic N) is 1. The molecule has 0 spiro atoms. The molecule has 0 saturated heterocycles. The number of halogens is 2. The normalized spacial score (nSPS) is 10.8. The molecule has 7 heteroatoms. The highest BCUT2D eigenvalue weighted by molar-refractivity contribution is 9.10. The fraction of sp³-hybridized carbons (Fsp3) is 0. The largest absolute Gasteiger partial charge is 0.278 e. The van der Waals surface area contributed by atoms with Crippen LogP contribution in [0, 0.1) is 17.1 Å². The topological polar surface area (TPSA) is 70.0 Å². The van der Waals surface area contributed by atoms with Crippen LogP contribution in [0.1, 0.15) is 5.56 Å². The van der Waals surface area contributed by atoms with E-state index in [0.717, 1.165) is 12.1 Å². The Labute approximate surface area is 124 Å². The van der Waals surface area contributed by atoms with E-state index in [4.69, 9.17) is 5.26 Å². The Balaban J connectivity index is 2.33. The fourth-order valence-corrected chi connectivity index (χ4v) is 3.15. The molecule has 1 N–H and O–H groups in total. The summed E-state index contributed by atoms with van der Waals surface area (Å²) >= 11 is 3.09. The average Bonchev–Trinajstić information content (AvgIpc) is 2.42. The lowest BCUT2D eigenvalue weighted by Crippen LogP contribution is -2.13.